The van der Waals surface area contributed by atoms with Gasteiger partial charge in [-0.05, 0) is 25.7 Å². The number of hydrogen-bond acceptors (Lipinski definition) is 4. The second-order valence-corrected chi connectivity index (χ2v) is 5.75. The number of nitrogens with one attached hydrogen (secondary N) is 1. The molecule has 1 atom stereocenters. The predicted molar refractivity (Wildman–Crippen MR) is 74.6 cm³/mol. The van der Waals surface area contributed by atoms with Crippen LogP contribution in [0.2, 0.25) is 0 Å². The summed E-state index contributed by atoms with van der Waals surface area (Å²) < 4.78 is 10.9. The molecule has 18 heavy (non-hydrogen) atoms. The number of rotatable bonds is 10. The van der Waals surface area contributed by atoms with Gasteiger partial charge in [-0.15, -0.1) is 0 Å². The Morgan fingerprint density at radius 3 is 2.11 bits per heavy atom. The molecule has 0 aliphatic heterocycles. The zero-order valence-corrected chi connectivity index (χ0v) is 12.7. The minimum Gasteiger partial charge on any atom is -0.392 e. The third-order valence-corrected chi connectivity index (χ3v) is 2.49. The zero-order valence-electron chi connectivity index (χ0n) is 12.7. The lowest BCUT2D eigenvalue weighted by atomic mass is 9.89. The second-order valence-electron chi connectivity index (χ2n) is 5.75. The molecule has 0 spiro atoms. The van der Waals surface area contributed by atoms with E-state index in [9.17, 15) is 5.11 Å². The van der Waals surface area contributed by atoms with Gasteiger partial charge in [-0.3, -0.25) is 0 Å². The molecule has 0 fully saturated rings. The summed E-state index contributed by atoms with van der Waals surface area (Å²) in [7, 11) is 0. The maximum atomic E-state index is 9.83. The Bertz CT molecular complexity index is 186. The summed E-state index contributed by atoms with van der Waals surface area (Å²) in [5.74, 6) is 0. The average molecular weight is 261 g/mol. The van der Waals surface area contributed by atoms with Crippen LogP contribution < -0.4 is 5.32 Å². The van der Waals surface area contributed by atoms with Crippen molar-refractivity contribution in [2.24, 2.45) is 5.41 Å². The minimum absolute atomic E-state index is 0.132. The fourth-order valence-corrected chi connectivity index (χ4v) is 1.85. The summed E-state index contributed by atoms with van der Waals surface area (Å²) in [6.45, 7) is 13.1. The Morgan fingerprint density at radius 1 is 1.11 bits per heavy atom. The van der Waals surface area contributed by atoms with Gasteiger partial charge in [0.2, 0.25) is 0 Å². The van der Waals surface area contributed by atoms with Crippen LogP contribution in [0.3, 0.4) is 0 Å². The van der Waals surface area contributed by atoms with E-state index in [1.54, 1.807) is 0 Å². The highest BCUT2D eigenvalue weighted by Gasteiger charge is 2.16. The van der Waals surface area contributed by atoms with Crippen LogP contribution >= 0.6 is 0 Å². The number of aliphatic hydroxyl groups is 1. The van der Waals surface area contributed by atoms with Gasteiger partial charge in [0.25, 0.3) is 0 Å². The molecule has 0 saturated heterocycles. The molecule has 0 rings (SSSR count). The molecule has 0 heterocycles. The third kappa shape index (κ3) is 11.0. The lowest BCUT2D eigenvalue weighted by Crippen LogP contribution is -2.32. The van der Waals surface area contributed by atoms with E-state index in [0.29, 0.717) is 19.8 Å². The SMILES string of the molecule is CCOC(CCNCC(O)CC(C)(C)C)OCC. The maximum absolute atomic E-state index is 9.83. The van der Waals surface area contributed by atoms with Crippen LogP contribution in [-0.2, 0) is 9.47 Å². The molecule has 4 heteroatoms. The van der Waals surface area contributed by atoms with Gasteiger partial charge in [0.1, 0.15) is 0 Å². The van der Waals surface area contributed by atoms with Crippen molar-refractivity contribution < 1.29 is 14.6 Å². The molecule has 0 radical (unpaired) electrons. The summed E-state index contributed by atoms with van der Waals surface area (Å²) in [5, 5.41) is 13.1. The maximum Gasteiger partial charge on any atom is 0.158 e. The fourth-order valence-electron chi connectivity index (χ4n) is 1.85. The van der Waals surface area contributed by atoms with Crippen LogP contribution in [0.15, 0.2) is 0 Å². The van der Waals surface area contributed by atoms with Crippen molar-refractivity contribution in [1.29, 1.82) is 0 Å². The first-order valence-corrected chi connectivity index (χ1v) is 7.01. The monoisotopic (exact) mass is 261 g/mol. The molecule has 110 valence electrons. The van der Waals surface area contributed by atoms with E-state index < -0.39 is 0 Å². The summed E-state index contributed by atoms with van der Waals surface area (Å²) in [6, 6.07) is 0. The van der Waals surface area contributed by atoms with E-state index in [-0.39, 0.29) is 17.8 Å². The summed E-state index contributed by atoms with van der Waals surface area (Å²) in [6.07, 6.45) is 1.19. The first-order chi connectivity index (χ1) is 8.39. The number of hydrogen-bond donors (Lipinski definition) is 2. The number of aliphatic hydroxyl groups excluding tert-OH is 1. The molecular formula is C14H31NO3. The Labute approximate surface area is 112 Å². The quantitative estimate of drug-likeness (QED) is 0.467. The summed E-state index contributed by atoms with van der Waals surface area (Å²) >= 11 is 0. The third-order valence-electron chi connectivity index (χ3n) is 2.49. The van der Waals surface area contributed by atoms with Gasteiger partial charge >= 0.3 is 0 Å². The molecular weight excluding hydrogens is 230 g/mol. The zero-order chi connectivity index (χ0) is 14.0. The van der Waals surface area contributed by atoms with Crippen LogP contribution in [0.5, 0.6) is 0 Å². The average Bonchev–Trinajstić information content (AvgIpc) is 2.22. The molecule has 0 saturated carbocycles. The van der Waals surface area contributed by atoms with Crippen LogP contribution in [0.1, 0.15) is 47.5 Å². The highest BCUT2D eigenvalue weighted by Crippen LogP contribution is 2.20. The largest absolute Gasteiger partial charge is 0.392 e. The van der Waals surface area contributed by atoms with Gasteiger partial charge in [0, 0.05) is 32.7 Å². The van der Waals surface area contributed by atoms with Gasteiger partial charge in [-0.25, -0.2) is 0 Å². The molecule has 0 aliphatic rings. The molecule has 2 N–H and O–H groups in total. The molecule has 4 nitrogen and oxygen atoms in total. The smallest absolute Gasteiger partial charge is 0.158 e. The van der Waals surface area contributed by atoms with Gasteiger partial charge in [-0.2, -0.15) is 0 Å². The Morgan fingerprint density at radius 2 is 1.67 bits per heavy atom. The summed E-state index contributed by atoms with van der Waals surface area (Å²) in [5.41, 5.74) is 0.167. The van der Waals surface area contributed by atoms with Gasteiger partial charge in [0.05, 0.1) is 6.10 Å². The van der Waals surface area contributed by atoms with Gasteiger partial charge < -0.3 is 19.9 Å². The highest BCUT2D eigenvalue weighted by molar-refractivity contribution is 4.69. The molecule has 0 aromatic heterocycles. The van der Waals surface area contributed by atoms with Crippen molar-refractivity contribution >= 4 is 0 Å². The highest BCUT2D eigenvalue weighted by atomic mass is 16.7. The van der Waals surface area contributed by atoms with Crippen molar-refractivity contribution in [2.75, 3.05) is 26.3 Å². The van der Waals surface area contributed by atoms with Crippen LogP contribution in [-0.4, -0.2) is 43.8 Å². The van der Waals surface area contributed by atoms with E-state index in [1.165, 1.54) is 0 Å². The van der Waals surface area contributed by atoms with Gasteiger partial charge in [0.15, 0.2) is 6.29 Å². The minimum atomic E-state index is -0.289. The topological polar surface area (TPSA) is 50.7 Å². The van der Waals surface area contributed by atoms with Crippen LogP contribution in [0.4, 0.5) is 0 Å². The van der Waals surface area contributed by atoms with E-state index >= 15 is 0 Å². The Balaban J connectivity index is 3.64. The second kappa shape index (κ2) is 9.73. The van der Waals surface area contributed by atoms with E-state index in [0.717, 1.165) is 19.4 Å². The summed E-state index contributed by atoms with van der Waals surface area (Å²) in [4.78, 5) is 0. The molecule has 1 unspecified atom stereocenters. The Hall–Kier alpha value is -0.160. The molecule has 0 aromatic carbocycles. The molecule has 0 aromatic rings. The lowest BCUT2D eigenvalue weighted by molar-refractivity contribution is -0.138. The van der Waals surface area contributed by atoms with E-state index in [4.69, 9.17) is 9.47 Å². The lowest BCUT2D eigenvalue weighted by Gasteiger charge is -2.23. The number of ether oxygens (including phenoxy) is 2. The van der Waals surface area contributed by atoms with Crippen molar-refractivity contribution in [3.8, 4) is 0 Å². The standard InChI is InChI=1S/C14H31NO3/c1-6-17-13(18-7-2)8-9-15-11-12(16)10-14(3,4)5/h12-13,15-16H,6-11H2,1-5H3. The normalized spacial score (nSPS) is 14.2. The molecule has 0 aliphatic carbocycles. The van der Waals surface area contributed by atoms with E-state index in [1.807, 2.05) is 13.8 Å². The van der Waals surface area contributed by atoms with Crippen molar-refractivity contribution in [3.63, 3.8) is 0 Å². The van der Waals surface area contributed by atoms with Crippen LogP contribution in [0.25, 0.3) is 0 Å². The fraction of sp³-hybridized carbons (Fsp3) is 1.00. The van der Waals surface area contributed by atoms with Crippen LogP contribution in [0, 0.1) is 5.41 Å². The van der Waals surface area contributed by atoms with Crippen molar-refractivity contribution in [1.82, 2.24) is 5.32 Å². The Kier molecular flexibility index (Phi) is 9.64. The first kappa shape index (κ1) is 17.8. The molecule has 0 bridgehead atoms. The van der Waals surface area contributed by atoms with E-state index in [2.05, 4.69) is 26.1 Å². The predicted octanol–water partition coefficient (Wildman–Crippen LogP) is 2.16. The van der Waals surface area contributed by atoms with Gasteiger partial charge in [-0.1, -0.05) is 20.8 Å². The first-order valence-electron chi connectivity index (χ1n) is 7.01. The van der Waals surface area contributed by atoms with Crippen molar-refractivity contribution in [3.05, 3.63) is 0 Å². The van der Waals surface area contributed by atoms with Crippen molar-refractivity contribution in [2.45, 2.75) is 59.9 Å². The molecule has 0 amide bonds.